The van der Waals surface area contributed by atoms with Crippen molar-refractivity contribution in [2.24, 2.45) is 0 Å². The Morgan fingerprint density at radius 3 is 1.15 bits per heavy atom. The van der Waals surface area contributed by atoms with Gasteiger partial charge in [-0.3, -0.25) is 30.2 Å². The minimum absolute atomic E-state index is 0.0741. The normalized spacial score (nSPS) is 8.30. The fraction of sp³-hybridized carbons (Fsp3) is 0. The van der Waals surface area contributed by atoms with E-state index >= 15 is 0 Å². The molecule has 0 saturated heterocycles. The van der Waals surface area contributed by atoms with E-state index in [4.69, 9.17) is 0 Å². The lowest BCUT2D eigenvalue weighted by Crippen LogP contribution is -1.85. The zero-order valence-corrected chi connectivity index (χ0v) is 11.7. The van der Waals surface area contributed by atoms with Crippen LogP contribution in [0.1, 0.15) is 0 Å². The summed E-state index contributed by atoms with van der Waals surface area (Å²) >= 11 is 6.44. The molecule has 20 heavy (non-hydrogen) atoms. The van der Waals surface area contributed by atoms with Crippen LogP contribution in [-0.2, 0) is 0 Å². The van der Waals surface area contributed by atoms with Crippen molar-refractivity contribution in [1.29, 1.82) is 0 Å². The van der Waals surface area contributed by atoms with E-state index in [9.17, 15) is 20.2 Å². The summed E-state index contributed by atoms with van der Waals surface area (Å²) in [5.74, 6) is 0. The van der Waals surface area contributed by atoms with Crippen molar-refractivity contribution in [2.45, 2.75) is 0 Å². The van der Waals surface area contributed by atoms with Crippen LogP contribution in [0.2, 0.25) is 0 Å². The SMILES string of the molecule is O=[N+]([O-])c1ccncc1.O=[N+]([O-])c1ccncc1.SS. The molecule has 2 aromatic heterocycles. The molecule has 2 aromatic rings. The second-order valence-corrected chi connectivity index (χ2v) is 2.93. The molecule has 0 bridgehead atoms. The Kier molecular flexibility index (Phi) is 9.52. The average Bonchev–Trinajstić information content (AvgIpc) is 2.51. The van der Waals surface area contributed by atoms with E-state index in [0.29, 0.717) is 0 Å². The lowest BCUT2D eigenvalue weighted by molar-refractivity contribution is -0.385. The molecule has 0 amide bonds. The molecular weight excluding hydrogens is 304 g/mol. The van der Waals surface area contributed by atoms with Crippen LogP contribution in [0, 0.1) is 20.2 Å². The van der Waals surface area contributed by atoms with Gasteiger partial charge in [0.2, 0.25) is 0 Å². The minimum Gasteiger partial charge on any atom is -0.264 e. The second kappa shape index (κ2) is 10.7. The molecule has 106 valence electrons. The van der Waals surface area contributed by atoms with E-state index in [-0.39, 0.29) is 11.4 Å². The number of hydrogen-bond donors (Lipinski definition) is 2. The molecule has 8 nitrogen and oxygen atoms in total. The third kappa shape index (κ3) is 7.28. The lowest BCUT2D eigenvalue weighted by Gasteiger charge is -1.84. The average molecular weight is 314 g/mol. The Labute approximate surface area is 124 Å². The van der Waals surface area contributed by atoms with E-state index in [2.05, 4.69) is 33.3 Å². The summed E-state index contributed by atoms with van der Waals surface area (Å²) < 4.78 is 0. The summed E-state index contributed by atoms with van der Waals surface area (Å²) in [6.07, 6.45) is 5.55. The summed E-state index contributed by atoms with van der Waals surface area (Å²) in [5.41, 5.74) is 0.148. The van der Waals surface area contributed by atoms with Gasteiger partial charge in [-0.1, -0.05) is 0 Å². The molecule has 2 rings (SSSR count). The van der Waals surface area contributed by atoms with Gasteiger partial charge in [-0.05, 0) is 0 Å². The van der Waals surface area contributed by atoms with Crippen LogP contribution in [0.5, 0.6) is 0 Å². The van der Waals surface area contributed by atoms with Crippen LogP contribution in [0.3, 0.4) is 0 Å². The number of pyridine rings is 2. The highest BCUT2D eigenvalue weighted by Crippen LogP contribution is 2.05. The maximum Gasteiger partial charge on any atom is 0.272 e. The van der Waals surface area contributed by atoms with Crippen molar-refractivity contribution in [3.05, 3.63) is 69.3 Å². The number of thiol groups is 2. The van der Waals surface area contributed by atoms with E-state index in [1.54, 1.807) is 0 Å². The van der Waals surface area contributed by atoms with Crippen molar-refractivity contribution in [2.75, 3.05) is 0 Å². The van der Waals surface area contributed by atoms with Crippen molar-refractivity contribution < 1.29 is 9.85 Å². The molecule has 0 N–H and O–H groups in total. The predicted molar refractivity (Wildman–Crippen MR) is 79.8 cm³/mol. The van der Waals surface area contributed by atoms with Gasteiger partial charge in [-0.25, -0.2) is 0 Å². The molecule has 0 atom stereocenters. The minimum atomic E-state index is -0.457. The molecule has 0 saturated carbocycles. The first-order valence-electron chi connectivity index (χ1n) is 4.90. The van der Waals surface area contributed by atoms with Crippen LogP contribution >= 0.6 is 23.3 Å². The standard InChI is InChI=1S/2C5H4N2O2.H2S2/c2*8-7(9)5-1-3-6-4-2-5;1-2/h2*1-4H;1-2H. The Bertz CT molecular complexity index is 478. The van der Waals surface area contributed by atoms with Gasteiger partial charge in [-0.2, -0.15) is 0 Å². The first-order chi connectivity index (χ1) is 9.61. The third-order valence-electron chi connectivity index (χ3n) is 1.75. The summed E-state index contributed by atoms with van der Waals surface area (Å²) in [5, 5.41) is 20.0. The van der Waals surface area contributed by atoms with Crippen LogP contribution in [0.25, 0.3) is 0 Å². The largest absolute Gasteiger partial charge is 0.272 e. The van der Waals surface area contributed by atoms with Crippen molar-refractivity contribution in [1.82, 2.24) is 9.97 Å². The Morgan fingerprint density at radius 2 is 1.00 bits per heavy atom. The van der Waals surface area contributed by atoms with Gasteiger partial charge in [0, 0.05) is 49.1 Å². The van der Waals surface area contributed by atoms with Crippen LogP contribution in [-0.4, -0.2) is 19.8 Å². The highest BCUT2D eigenvalue weighted by atomic mass is 33.1. The zero-order chi connectivity index (χ0) is 15.4. The quantitative estimate of drug-likeness (QED) is 0.381. The number of rotatable bonds is 2. The summed E-state index contributed by atoms with van der Waals surface area (Å²) in [6, 6.07) is 5.39. The first kappa shape index (κ1) is 17.8. The van der Waals surface area contributed by atoms with Crippen LogP contribution < -0.4 is 0 Å². The van der Waals surface area contributed by atoms with E-state index in [1.165, 1.54) is 49.1 Å². The lowest BCUT2D eigenvalue weighted by atomic mass is 10.4. The molecular formula is C10H10N4O4S2. The van der Waals surface area contributed by atoms with Crippen LogP contribution in [0.15, 0.2) is 49.1 Å². The molecule has 0 aliphatic carbocycles. The van der Waals surface area contributed by atoms with Gasteiger partial charge >= 0.3 is 0 Å². The van der Waals surface area contributed by atoms with E-state index in [0.717, 1.165) is 0 Å². The number of aromatic nitrogens is 2. The molecule has 2 heterocycles. The fourth-order valence-electron chi connectivity index (χ4n) is 0.932. The van der Waals surface area contributed by atoms with Gasteiger partial charge in [0.1, 0.15) is 0 Å². The molecule has 0 radical (unpaired) electrons. The van der Waals surface area contributed by atoms with E-state index < -0.39 is 9.85 Å². The number of nitro groups is 2. The maximum atomic E-state index is 9.98. The molecule has 10 heteroatoms. The molecule has 0 unspecified atom stereocenters. The van der Waals surface area contributed by atoms with Gasteiger partial charge < -0.3 is 0 Å². The van der Waals surface area contributed by atoms with Crippen LogP contribution in [0.4, 0.5) is 11.4 Å². The smallest absolute Gasteiger partial charge is 0.264 e. The predicted octanol–water partition coefficient (Wildman–Crippen LogP) is 2.74. The first-order valence-corrected chi connectivity index (χ1v) is 6.50. The third-order valence-corrected chi connectivity index (χ3v) is 1.75. The Hall–Kier alpha value is -2.20. The molecule has 0 aliphatic heterocycles. The van der Waals surface area contributed by atoms with Crippen molar-refractivity contribution in [3.8, 4) is 0 Å². The van der Waals surface area contributed by atoms with Gasteiger partial charge in [-0.15, -0.1) is 23.3 Å². The Morgan fingerprint density at radius 1 is 0.750 bits per heavy atom. The molecule has 0 aromatic carbocycles. The van der Waals surface area contributed by atoms with Gasteiger partial charge in [0.15, 0.2) is 0 Å². The summed E-state index contributed by atoms with van der Waals surface area (Å²) in [7, 11) is 0. The Balaban J connectivity index is 0.000000321. The zero-order valence-electron chi connectivity index (χ0n) is 9.94. The molecule has 0 spiro atoms. The highest BCUT2D eigenvalue weighted by molar-refractivity contribution is 8.59. The number of nitrogens with zero attached hydrogens (tertiary/aromatic N) is 4. The maximum absolute atomic E-state index is 9.98. The van der Waals surface area contributed by atoms with Crippen molar-refractivity contribution in [3.63, 3.8) is 0 Å². The second-order valence-electron chi connectivity index (χ2n) is 2.93. The van der Waals surface area contributed by atoms with Gasteiger partial charge in [0.25, 0.3) is 11.4 Å². The van der Waals surface area contributed by atoms with Gasteiger partial charge in [0.05, 0.1) is 9.85 Å². The molecule has 0 fully saturated rings. The van der Waals surface area contributed by atoms with Crippen molar-refractivity contribution >= 4 is 34.7 Å². The monoisotopic (exact) mass is 314 g/mol. The highest BCUT2D eigenvalue weighted by Gasteiger charge is 2.00. The fourth-order valence-corrected chi connectivity index (χ4v) is 0.932. The number of hydrogen-bond acceptors (Lipinski definition) is 8. The summed E-state index contributed by atoms with van der Waals surface area (Å²) in [6.45, 7) is 0. The molecule has 0 aliphatic rings. The summed E-state index contributed by atoms with van der Waals surface area (Å²) in [4.78, 5) is 26.3. The van der Waals surface area contributed by atoms with E-state index in [1.807, 2.05) is 0 Å². The topological polar surface area (TPSA) is 112 Å².